The van der Waals surface area contributed by atoms with Crippen molar-refractivity contribution in [2.75, 3.05) is 11.9 Å². The van der Waals surface area contributed by atoms with Crippen molar-refractivity contribution in [2.45, 2.75) is 43.6 Å². The van der Waals surface area contributed by atoms with Crippen molar-refractivity contribution < 1.29 is 4.79 Å². The zero-order valence-electron chi connectivity index (χ0n) is 16.5. The Morgan fingerprint density at radius 2 is 1.82 bits per heavy atom. The Morgan fingerprint density at radius 1 is 1.14 bits per heavy atom. The lowest BCUT2D eigenvalue weighted by Crippen LogP contribution is -2.34. The van der Waals surface area contributed by atoms with Gasteiger partial charge in [-0.25, -0.2) is 4.98 Å². The van der Waals surface area contributed by atoms with Crippen LogP contribution < -0.4 is 10.5 Å². The molecule has 1 amide bonds. The number of benzene rings is 2. The molecule has 0 radical (unpaired) electrons. The summed E-state index contributed by atoms with van der Waals surface area (Å²) in [6.07, 6.45) is 1.87. The summed E-state index contributed by atoms with van der Waals surface area (Å²) >= 11 is 1.34. The van der Waals surface area contributed by atoms with Gasteiger partial charge in [-0.05, 0) is 37.6 Å². The Labute approximate surface area is 169 Å². The van der Waals surface area contributed by atoms with Crippen LogP contribution in [0.2, 0.25) is 0 Å². The number of rotatable bonds is 7. The van der Waals surface area contributed by atoms with E-state index in [0.717, 1.165) is 18.5 Å². The topological polar surface area (TPSA) is 55.2 Å². The highest BCUT2D eigenvalue weighted by Crippen LogP contribution is 2.25. The van der Waals surface area contributed by atoms with Gasteiger partial charge in [0, 0.05) is 19.3 Å². The molecule has 146 valence electrons. The molecule has 0 saturated carbocycles. The zero-order valence-corrected chi connectivity index (χ0v) is 17.3. The van der Waals surface area contributed by atoms with Gasteiger partial charge < -0.3 is 4.90 Å². The number of anilines is 1. The Hall–Kier alpha value is -2.60. The first kappa shape index (κ1) is 20.1. The summed E-state index contributed by atoms with van der Waals surface area (Å²) in [6, 6.07) is 16.9. The molecule has 3 aromatic rings. The van der Waals surface area contributed by atoms with Crippen LogP contribution in [-0.2, 0) is 11.3 Å². The van der Waals surface area contributed by atoms with Gasteiger partial charge in [-0.1, -0.05) is 55.4 Å². The zero-order chi connectivity index (χ0) is 20.1. The molecule has 1 unspecified atom stereocenters. The van der Waals surface area contributed by atoms with E-state index in [9.17, 15) is 9.59 Å². The van der Waals surface area contributed by atoms with Gasteiger partial charge in [-0.15, -0.1) is 0 Å². The average molecular weight is 396 g/mol. The van der Waals surface area contributed by atoms with Gasteiger partial charge in [0.1, 0.15) is 0 Å². The molecular formula is C22H25N3O2S. The molecular weight excluding hydrogens is 370 g/mol. The lowest BCUT2D eigenvalue weighted by atomic mass is 10.2. The lowest BCUT2D eigenvalue weighted by molar-refractivity contribution is -0.117. The van der Waals surface area contributed by atoms with E-state index in [2.05, 4.69) is 6.92 Å². The van der Waals surface area contributed by atoms with Crippen LogP contribution in [-0.4, -0.2) is 27.8 Å². The second kappa shape index (κ2) is 9.06. The molecule has 5 nitrogen and oxygen atoms in total. The van der Waals surface area contributed by atoms with Crippen molar-refractivity contribution in [3.8, 4) is 0 Å². The molecule has 0 N–H and O–H groups in total. The average Bonchev–Trinajstić information content (AvgIpc) is 2.73. The number of nitrogens with zero attached hydrogens (tertiary/aromatic N) is 3. The van der Waals surface area contributed by atoms with Crippen molar-refractivity contribution >= 4 is 34.3 Å². The van der Waals surface area contributed by atoms with E-state index in [4.69, 9.17) is 4.98 Å². The van der Waals surface area contributed by atoms with Crippen LogP contribution in [0, 0.1) is 0 Å². The number of aromatic nitrogens is 2. The van der Waals surface area contributed by atoms with E-state index in [1.54, 1.807) is 22.6 Å². The highest BCUT2D eigenvalue weighted by molar-refractivity contribution is 8.00. The standard InChI is InChI=1S/C22H25N3O2S/c1-4-5-15-25-21(27)18-13-9-10-14-19(18)23-22(25)28-16(2)20(26)24(3)17-11-7-6-8-12-17/h6-14,16H,4-5,15H2,1-3H3. The molecule has 0 aliphatic carbocycles. The molecule has 0 saturated heterocycles. The molecule has 0 aliphatic rings. The summed E-state index contributed by atoms with van der Waals surface area (Å²) in [5.41, 5.74) is 1.46. The Bertz CT molecular complexity index is 1020. The lowest BCUT2D eigenvalue weighted by Gasteiger charge is -2.22. The highest BCUT2D eigenvalue weighted by atomic mass is 32.2. The molecule has 1 heterocycles. The first-order valence-corrected chi connectivity index (χ1v) is 10.4. The molecule has 2 aromatic carbocycles. The van der Waals surface area contributed by atoms with Crippen molar-refractivity contribution in [1.82, 2.24) is 9.55 Å². The molecule has 1 aromatic heterocycles. The largest absolute Gasteiger partial charge is 0.315 e. The fourth-order valence-corrected chi connectivity index (χ4v) is 4.04. The predicted molar refractivity (Wildman–Crippen MR) is 116 cm³/mol. The summed E-state index contributed by atoms with van der Waals surface area (Å²) in [7, 11) is 1.77. The van der Waals surface area contributed by atoms with Crippen LogP contribution >= 0.6 is 11.8 Å². The SMILES string of the molecule is CCCCn1c(SC(C)C(=O)N(C)c2ccccc2)nc2ccccc2c1=O. The highest BCUT2D eigenvalue weighted by Gasteiger charge is 2.22. The number of hydrogen-bond donors (Lipinski definition) is 0. The monoisotopic (exact) mass is 395 g/mol. The van der Waals surface area contributed by atoms with Gasteiger partial charge in [0.25, 0.3) is 5.56 Å². The van der Waals surface area contributed by atoms with E-state index >= 15 is 0 Å². The predicted octanol–water partition coefficient (Wildman–Crippen LogP) is 4.34. The van der Waals surface area contributed by atoms with Crippen molar-refractivity contribution in [3.05, 3.63) is 65.0 Å². The number of hydrogen-bond acceptors (Lipinski definition) is 4. The Morgan fingerprint density at radius 3 is 2.54 bits per heavy atom. The number of carbonyl (C=O) groups excluding carboxylic acids is 1. The molecule has 1 atom stereocenters. The molecule has 6 heteroatoms. The van der Waals surface area contributed by atoms with Gasteiger partial charge in [-0.3, -0.25) is 14.2 Å². The molecule has 0 bridgehead atoms. The number of thioether (sulfide) groups is 1. The minimum absolute atomic E-state index is 0.0272. The first-order chi connectivity index (χ1) is 13.5. The maximum absolute atomic E-state index is 13.0. The molecule has 0 fully saturated rings. The number of para-hydroxylation sites is 2. The fraction of sp³-hybridized carbons (Fsp3) is 0.318. The van der Waals surface area contributed by atoms with E-state index in [1.807, 2.05) is 55.5 Å². The van der Waals surface area contributed by atoms with Gasteiger partial charge in [0.05, 0.1) is 16.2 Å². The summed E-state index contributed by atoms with van der Waals surface area (Å²) in [6.45, 7) is 4.55. The number of carbonyl (C=O) groups is 1. The third kappa shape index (κ3) is 4.28. The van der Waals surface area contributed by atoms with E-state index in [1.165, 1.54) is 11.8 Å². The summed E-state index contributed by atoms with van der Waals surface area (Å²) in [5.74, 6) is -0.0272. The van der Waals surface area contributed by atoms with Crippen LogP contribution in [0.15, 0.2) is 64.5 Å². The smallest absolute Gasteiger partial charge is 0.262 e. The van der Waals surface area contributed by atoms with E-state index in [0.29, 0.717) is 22.6 Å². The van der Waals surface area contributed by atoms with Crippen molar-refractivity contribution in [2.24, 2.45) is 0 Å². The van der Waals surface area contributed by atoms with E-state index in [-0.39, 0.29) is 16.7 Å². The minimum atomic E-state index is -0.369. The maximum Gasteiger partial charge on any atom is 0.262 e. The minimum Gasteiger partial charge on any atom is -0.315 e. The molecule has 28 heavy (non-hydrogen) atoms. The summed E-state index contributed by atoms with van der Waals surface area (Å²) in [4.78, 5) is 32.2. The number of unbranched alkanes of at least 4 members (excludes halogenated alkanes) is 1. The van der Waals surface area contributed by atoms with Crippen molar-refractivity contribution in [1.29, 1.82) is 0 Å². The van der Waals surface area contributed by atoms with E-state index < -0.39 is 0 Å². The maximum atomic E-state index is 13.0. The molecule has 0 spiro atoms. The quantitative estimate of drug-likeness (QED) is 0.441. The number of amides is 1. The van der Waals surface area contributed by atoms with Gasteiger partial charge in [-0.2, -0.15) is 0 Å². The van der Waals surface area contributed by atoms with Crippen LogP contribution in [0.5, 0.6) is 0 Å². The summed E-state index contributed by atoms with van der Waals surface area (Å²) < 4.78 is 1.71. The third-order valence-corrected chi connectivity index (χ3v) is 5.74. The van der Waals surface area contributed by atoms with Gasteiger partial charge in [0.15, 0.2) is 5.16 Å². The van der Waals surface area contributed by atoms with Crippen LogP contribution in [0.25, 0.3) is 10.9 Å². The van der Waals surface area contributed by atoms with Gasteiger partial charge >= 0.3 is 0 Å². The van der Waals surface area contributed by atoms with Crippen LogP contribution in [0.4, 0.5) is 5.69 Å². The Kier molecular flexibility index (Phi) is 6.52. The first-order valence-electron chi connectivity index (χ1n) is 9.51. The van der Waals surface area contributed by atoms with Crippen molar-refractivity contribution in [3.63, 3.8) is 0 Å². The summed E-state index contributed by atoms with van der Waals surface area (Å²) in [5, 5.41) is 0.842. The second-order valence-corrected chi connectivity index (χ2v) is 8.02. The third-order valence-electron chi connectivity index (χ3n) is 4.67. The molecule has 3 rings (SSSR count). The van der Waals surface area contributed by atoms with Gasteiger partial charge in [0.2, 0.25) is 5.91 Å². The molecule has 0 aliphatic heterocycles. The second-order valence-electron chi connectivity index (χ2n) is 6.71. The Balaban J connectivity index is 1.91. The normalized spacial score (nSPS) is 12.1. The van der Waals surface area contributed by atoms with Crippen LogP contribution in [0.1, 0.15) is 26.7 Å². The number of fused-ring (bicyclic) bond motifs is 1. The van der Waals surface area contributed by atoms with Crippen LogP contribution in [0.3, 0.4) is 0 Å². The fourth-order valence-electron chi connectivity index (χ4n) is 3.01.